The van der Waals surface area contributed by atoms with Gasteiger partial charge in [0.05, 0.1) is 27.3 Å². The zero-order valence-electron chi connectivity index (χ0n) is 17.9. The third kappa shape index (κ3) is 4.23. The summed E-state index contributed by atoms with van der Waals surface area (Å²) in [5.74, 6) is -0.405. The fourth-order valence-electron chi connectivity index (χ4n) is 3.90. The van der Waals surface area contributed by atoms with E-state index in [0.717, 1.165) is 15.8 Å². The molecule has 9 heteroatoms. The Labute approximate surface area is 185 Å². The van der Waals surface area contributed by atoms with E-state index in [-0.39, 0.29) is 17.1 Å². The van der Waals surface area contributed by atoms with Crippen LogP contribution in [0.4, 0.5) is 0 Å². The first-order valence-electron chi connectivity index (χ1n) is 10.1. The molecule has 1 aliphatic rings. The van der Waals surface area contributed by atoms with Gasteiger partial charge in [-0.1, -0.05) is 23.5 Å². The molecule has 2 aromatic carbocycles. The monoisotopic (exact) mass is 459 g/mol. The molecule has 2 heterocycles. The van der Waals surface area contributed by atoms with Crippen molar-refractivity contribution in [2.45, 2.75) is 37.9 Å². The molecule has 1 amide bonds. The van der Waals surface area contributed by atoms with Gasteiger partial charge < -0.3 is 9.30 Å². The molecule has 0 saturated carbocycles. The average Bonchev–Trinajstić information content (AvgIpc) is 3.04. The number of hydrogen-bond acceptors (Lipinski definition) is 5. The number of hydrogen-bond donors (Lipinski definition) is 0. The summed E-state index contributed by atoms with van der Waals surface area (Å²) >= 11 is 1.45. The van der Waals surface area contributed by atoms with Gasteiger partial charge in [-0.3, -0.25) is 4.79 Å². The molecule has 0 bridgehead atoms. The van der Waals surface area contributed by atoms with Crippen LogP contribution in [-0.2, 0) is 21.8 Å². The molecule has 0 spiro atoms. The summed E-state index contributed by atoms with van der Waals surface area (Å²) in [6.45, 7) is 6.36. The minimum Gasteiger partial charge on any atom is -0.373 e. The van der Waals surface area contributed by atoms with Gasteiger partial charge in [-0.05, 0) is 56.7 Å². The number of carbonyl (C=O) groups excluding carboxylic acids is 1. The smallest absolute Gasteiger partial charge is 0.279 e. The number of para-hydroxylation sites is 1. The van der Waals surface area contributed by atoms with Crippen molar-refractivity contribution in [3.8, 4) is 0 Å². The van der Waals surface area contributed by atoms with Gasteiger partial charge in [0.25, 0.3) is 5.91 Å². The van der Waals surface area contributed by atoms with Crippen LogP contribution in [0.2, 0.25) is 0 Å². The van der Waals surface area contributed by atoms with Gasteiger partial charge in [-0.2, -0.15) is 9.30 Å². The molecule has 1 aliphatic heterocycles. The lowest BCUT2D eigenvalue weighted by Crippen LogP contribution is -2.48. The molecule has 7 nitrogen and oxygen atoms in total. The zero-order valence-corrected chi connectivity index (χ0v) is 19.5. The normalized spacial score (nSPS) is 21.0. The van der Waals surface area contributed by atoms with E-state index in [9.17, 15) is 13.2 Å². The van der Waals surface area contributed by atoms with Crippen LogP contribution in [0.1, 0.15) is 29.8 Å². The molecule has 31 heavy (non-hydrogen) atoms. The van der Waals surface area contributed by atoms with Gasteiger partial charge in [0.15, 0.2) is 4.80 Å². The van der Waals surface area contributed by atoms with Crippen molar-refractivity contribution < 1.29 is 17.9 Å². The topological polar surface area (TPSA) is 81.0 Å². The lowest BCUT2D eigenvalue weighted by molar-refractivity contribution is -0.0440. The number of amides is 1. The largest absolute Gasteiger partial charge is 0.373 e. The molecular weight excluding hydrogens is 434 g/mol. The average molecular weight is 460 g/mol. The Kier molecular flexibility index (Phi) is 5.87. The van der Waals surface area contributed by atoms with Crippen molar-refractivity contribution >= 4 is 37.5 Å². The molecule has 0 N–H and O–H groups in total. The summed E-state index contributed by atoms with van der Waals surface area (Å²) in [4.78, 5) is 17.8. The van der Waals surface area contributed by atoms with Gasteiger partial charge in [-0.15, -0.1) is 0 Å². The number of sulfonamides is 1. The van der Waals surface area contributed by atoms with E-state index < -0.39 is 15.9 Å². The number of carbonyl (C=O) groups is 1. The number of fused-ring (bicyclic) bond motifs is 1. The summed E-state index contributed by atoms with van der Waals surface area (Å²) in [5.41, 5.74) is 2.51. The number of rotatable bonds is 3. The number of morpholine rings is 1. The Morgan fingerprint density at radius 3 is 2.35 bits per heavy atom. The third-order valence-electron chi connectivity index (χ3n) is 5.35. The first kappa shape index (κ1) is 21.9. The lowest BCUT2D eigenvalue weighted by atomic mass is 10.2. The SMILES string of the molecule is Cc1cccc2sc(=NC(=O)c3ccc(S(=O)(=O)N4C[C@@H](C)O[C@H](C)C4)cc3)n(C)c12. The standard InChI is InChI=1S/C22H25N3O4S2/c1-14-6-5-7-19-20(14)24(4)22(30-19)23-21(26)17-8-10-18(11-9-17)31(27,28)25-12-15(2)29-16(3)13-25/h5-11,15-16H,12-13H2,1-4H3/t15-,16-/m1/s1. The molecule has 0 unspecified atom stereocenters. The van der Waals surface area contributed by atoms with Crippen LogP contribution in [-0.4, -0.2) is 48.5 Å². The van der Waals surface area contributed by atoms with Gasteiger partial charge in [0.1, 0.15) is 0 Å². The summed E-state index contributed by atoms with van der Waals surface area (Å²) in [5, 5.41) is 0. The molecule has 0 radical (unpaired) electrons. The minimum atomic E-state index is -3.65. The van der Waals surface area contributed by atoms with Gasteiger partial charge >= 0.3 is 0 Å². The summed E-state index contributed by atoms with van der Waals surface area (Å²) in [7, 11) is -1.76. The highest BCUT2D eigenvalue weighted by molar-refractivity contribution is 7.89. The summed E-state index contributed by atoms with van der Waals surface area (Å²) in [6.07, 6.45) is -0.326. The second-order valence-corrected chi connectivity index (χ2v) is 10.8. The van der Waals surface area contributed by atoms with E-state index in [1.165, 1.54) is 39.9 Å². The molecule has 1 aromatic heterocycles. The minimum absolute atomic E-state index is 0.161. The number of benzene rings is 2. The van der Waals surface area contributed by atoms with E-state index in [2.05, 4.69) is 4.99 Å². The van der Waals surface area contributed by atoms with E-state index in [4.69, 9.17) is 4.74 Å². The Hall–Kier alpha value is -2.33. The zero-order chi connectivity index (χ0) is 22.3. The molecular formula is C22H25N3O4S2. The van der Waals surface area contributed by atoms with Crippen LogP contribution in [0.5, 0.6) is 0 Å². The van der Waals surface area contributed by atoms with Crippen molar-refractivity contribution in [3.05, 3.63) is 58.4 Å². The first-order valence-corrected chi connectivity index (χ1v) is 12.3. The Balaban J connectivity index is 1.61. The van der Waals surface area contributed by atoms with Gasteiger partial charge in [-0.25, -0.2) is 8.42 Å². The molecule has 3 aromatic rings. The first-order chi connectivity index (χ1) is 14.7. The predicted octanol–water partition coefficient (Wildman–Crippen LogP) is 3.09. The number of thiazole rings is 1. The molecule has 164 valence electrons. The molecule has 4 rings (SSSR count). The number of aryl methyl sites for hydroxylation is 2. The molecule has 1 saturated heterocycles. The number of ether oxygens (including phenoxy) is 1. The Morgan fingerprint density at radius 1 is 1.10 bits per heavy atom. The van der Waals surface area contributed by atoms with Gasteiger partial charge in [0, 0.05) is 25.7 Å². The highest BCUT2D eigenvalue weighted by Crippen LogP contribution is 2.22. The highest BCUT2D eigenvalue weighted by Gasteiger charge is 2.32. The lowest BCUT2D eigenvalue weighted by Gasteiger charge is -2.34. The Bertz CT molecular complexity index is 1300. The number of aromatic nitrogens is 1. The Morgan fingerprint density at radius 2 is 1.74 bits per heavy atom. The maximum atomic E-state index is 13.0. The van der Waals surface area contributed by atoms with E-state index in [0.29, 0.717) is 23.5 Å². The molecule has 1 fully saturated rings. The third-order valence-corrected chi connectivity index (χ3v) is 8.29. The highest BCUT2D eigenvalue weighted by atomic mass is 32.2. The fraction of sp³-hybridized carbons (Fsp3) is 0.364. The molecule has 0 aliphatic carbocycles. The van der Waals surface area contributed by atoms with Crippen LogP contribution < -0.4 is 4.80 Å². The van der Waals surface area contributed by atoms with Crippen molar-refractivity contribution in [3.63, 3.8) is 0 Å². The van der Waals surface area contributed by atoms with Crippen molar-refractivity contribution in [2.24, 2.45) is 12.0 Å². The van der Waals surface area contributed by atoms with Crippen LogP contribution in [0.3, 0.4) is 0 Å². The second-order valence-electron chi connectivity index (χ2n) is 7.89. The van der Waals surface area contributed by atoms with Crippen LogP contribution in [0.15, 0.2) is 52.4 Å². The quantitative estimate of drug-likeness (QED) is 0.603. The van der Waals surface area contributed by atoms with Crippen molar-refractivity contribution in [2.75, 3.05) is 13.1 Å². The van der Waals surface area contributed by atoms with Crippen LogP contribution in [0.25, 0.3) is 10.2 Å². The predicted molar refractivity (Wildman–Crippen MR) is 121 cm³/mol. The van der Waals surface area contributed by atoms with Crippen molar-refractivity contribution in [1.82, 2.24) is 8.87 Å². The van der Waals surface area contributed by atoms with E-state index in [1.807, 2.05) is 50.6 Å². The maximum absolute atomic E-state index is 13.0. The second kappa shape index (κ2) is 8.31. The summed E-state index contributed by atoms with van der Waals surface area (Å²) in [6, 6.07) is 12.0. The maximum Gasteiger partial charge on any atom is 0.279 e. The van der Waals surface area contributed by atoms with Crippen molar-refractivity contribution in [1.29, 1.82) is 0 Å². The van der Waals surface area contributed by atoms with E-state index >= 15 is 0 Å². The summed E-state index contributed by atoms with van der Waals surface area (Å²) < 4.78 is 36.0. The molecule has 2 atom stereocenters. The fourth-order valence-corrected chi connectivity index (χ4v) is 6.59. The van der Waals surface area contributed by atoms with Crippen LogP contribution in [0, 0.1) is 6.92 Å². The van der Waals surface area contributed by atoms with Gasteiger partial charge in [0.2, 0.25) is 10.0 Å². The van der Waals surface area contributed by atoms with Crippen LogP contribution >= 0.6 is 11.3 Å². The van der Waals surface area contributed by atoms with E-state index in [1.54, 1.807) is 0 Å². The number of nitrogens with zero attached hydrogens (tertiary/aromatic N) is 3.